The van der Waals surface area contributed by atoms with Crippen molar-refractivity contribution in [2.24, 2.45) is 0 Å². The lowest BCUT2D eigenvalue weighted by molar-refractivity contribution is -0.142. The fourth-order valence-corrected chi connectivity index (χ4v) is 6.24. The molecule has 2 aromatic carbocycles. The fraction of sp³-hybridized carbons (Fsp3) is 0.318. The first-order valence-electron chi connectivity index (χ1n) is 10.1. The van der Waals surface area contributed by atoms with Crippen LogP contribution in [0.25, 0.3) is 0 Å². The van der Waals surface area contributed by atoms with Gasteiger partial charge in [-0.1, -0.05) is 41.9 Å². The summed E-state index contributed by atoms with van der Waals surface area (Å²) in [5.74, 6) is 0. The quantitative estimate of drug-likeness (QED) is 0.539. The molecule has 1 aromatic heterocycles. The Bertz CT molecular complexity index is 1290. The third kappa shape index (κ3) is 4.93. The predicted octanol–water partition coefficient (Wildman–Crippen LogP) is 3.85. The number of fused-ring (bicyclic) bond motifs is 1. The number of hydrogen-bond donors (Lipinski definition) is 2. The summed E-state index contributed by atoms with van der Waals surface area (Å²) in [5.41, 5.74) is 1.77. The molecule has 176 valence electrons. The molecule has 1 aliphatic carbocycles. The highest BCUT2D eigenvalue weighted by atomic mass is 35.5. The normalized spacial score (nSPS) is 16.2. The molecule has 0 spiro atoms. The number of halogens is 4. The fourth-order valence-electron chi connectivity index (χ4n) is 4.17. The van der Waals surface area contributed by atoms with Crippen molar-refractivity contribution in [1.29, 1.82) is 0 Å². The Balaban J connectivity index is 1.50. The van der Waals surface area contributed by atoms with Crippen molar-refractivity contribution < 1.29 is 26.7 Å². The van der Waals surface area contributed by atoms with Crippen LogP contribution in [-0.4, -0.2) is 29.3 Å². The summed E-state index contributed by atoms with van der Waals surface area (Å²) in [6.07, 6.45) is -2.53. The summed E-state index contributed by atoms with van der Waals surface area (Å²) in [7, 11) is -3.83. The number of aryl methyl sites for hydroxylation is 1. The van der Waals surface area contributed by atoms with Crippen LogP contribution in [0.3, 0.4) is 0 Å². The van der Waals surface area contributed by atoms with Crippen LogP contribution in [-0.2, 0) is 42.2 Å². The van der Waals surface area contributed by atoms with Crippen LogP contribution in [0, 0.1) is 6.92 Å². The highest BCUT2D eigenvalue weighted by molar-refractivity contribution is 7.89. The van der Waals surface area contributed by atoms with Gasteiger partial charge in [0.25, 0.3) is 0 Å². The maximum atomic E-state index is 13.1. The number of alkyl halides is 3. The maximum Gasteiger partial charge on any atom is 0.435 e. The number of aliphatic hydroxyl groups is 1. The number of nitrogens with zero attached hydrogens (tertiary/aromatic N) is 2. The standard InChI is InChI=1S/C22H21ClF3N3O3S/c1-13-3-2-4-19(23)20(13)33(31,32)28-18-8-15-6-5-14(7-16(15)9-18)10-29-11-17(12-30)21(27-29)22(24,25)26/h2-7,11,18,28,30H,8-10,12H2,1H3. The zero-order valence-corrected chi connectivity index (χ0v) is 19.1. The van der Waals surface area contributed by atoms with Gasteiger partial charge in [0, 0.05) is 17.8 Å². The molecule has 1 atom stereocenters. The Hall–Kier alpha value is -2.40. The Morgan fingerprint density at radius 2 is 1.94 bits per heavy atom. The molecule has 0 aliphatic heterocycles. The lowest BCUT2D eigenvalue weighted by atomic mass is 10.1. The first kappa shape index (κ1) is 23.7. The van der Waals surface area contributed by atoms with E-state index in [1.54, 1.807) is 25.1 Å². The monoisotopic (exact) mass is 499 g/mol. The van der Waals surface area contributed by atoms with Crippen molar-refractivity contribution in [1.82, 2.24) is 14.5 Å². The van der Waals surface area contributed by atoms with Crippen LogP contribution in [0.1, 0.15) is 33.5 Å². The van der Waals surface area contributed by atoms with Gasteiger partial charge in [-0.3, -0.25) is 4.68 Å². The molecule has 3 aromatic rings. The molecule has 0 saturated carbocycles. The number of rotatable bonds is 6. The van der Waals surface area contributed by atoms with Crippen LogP contribution < -0.4 is 4.72 Å². The van der Waals surface area contributed by atoms with Crippen LogP contribution in [0.15, 0.2) is 47.5 Å². The second kappa shape index (κ2) is 8.75. The summed E-state index contributed by atoms with van der Waals surface area (Å²) >= 11 is 6.12. The average molecular weight is 500 g/mol. The van der Waals surface area contributed by atoms with E-state index >= 15 is 0 Å². The molecule has 33 heavy (non-hydrogen) atoms. The van der Waals surface area contributed by atoms with Gasteiger partial charge < -0.3 is 5.11 Å². The SMILES string of the molecule is Cc1cccc(Cl)c1S(=O)(=O)NC1Cc2ccc(Cn3cc(CO)c(C(F)(F)F)n3)cc2C1. The third-order valence-electron chi connectivity index (χ3n) is 5.58. The molecule has 6 nitrogen and oxygen atoms in total. The zero-order valence-electron chi connectivity index (χ0n) is 17.5. The van der Waals surface area contributed by atoms with Gasteiger partial charge in [0.1, 0.15) is 4.90 Å². The van der Waals surface area contributed by atoms with Gasteiger partial charge in [0.05, 0.1) is 18.2 Å². The van der Waals surface area contributed by atoms with E-state index in [1.807, 2.05) is 12.1 Å². The third-order valence-corrected chi connectivity index (χ3v) is 7.73. The first-order valence-corrected chi connectivity index (χ1v) is 12.0. The number of aliphatic hydroxyl groups excluding tert-OH is 1. The summed E-state index contributed by atoms with van der Waals surface area (Å²) in [6, 6.07) is 10.0. The Labute approximate surface area is 194 Å². The molecule has 1 heterocycles. The van der Waals surface area contributed by atoms with Crippen molar-refractivity contribution in [2.45, 2.75) is 50.0 Å². The van der Waals surface area contributed by atoms with Gasteiger partial charge in [-0.15, -0.1) is 0 Å². The second-order valence-corrected chi connectivity index (χ2v) is 10.1. The summed E-state index contributed by atoms with van der Waals surface area (Å²) < 4.78 is 68.9. The van der Waals surface area contributed by atoms with Gasteiger partial charge in [0.2, 0.25) is 10.0 Å². The van der Waals surface area contributed by atoms with E-state index in [2.05, 4.69) is 9.82 Å². The minimum absolute atomic E-state index is 0.0575. The lowest BCUT2D eigenvalue weighted by Gasteiger charge is -2.15. The highest BCUT2D eigenvalue weighted by Gasteiger charge is 2.37. The number of hydrogen-bond acceptors (Lipinski definition) is 4. The van der Waals surface area contributed by atoms with Crippen LogP contribution in [0.5, 0.6) is 0 Å². The van der Waals surface area contributed by atoms with Gasteiger partial charge >= 0.3 is 6.18 Å². The van der Waals surface area contributed by atoms with Crippen LogP contribution >= 0.6 is 11.6 Å². The molecule has 4 rings (SSSR count). The zero-order chi connectivity index (χ0) is 24.0. The number of nitrogens with one attached hydrogen (secondary N) is 1. The smallest absolute Gasteiger partial charge is 0.392 e. The maximum absolute atomic E-state index is 13.1. The number of benzene rings is 2. The first-order chi connectivity index (χ1) is 15.5. The Morgan fingerprint density at radius 1 is 1.21 bits per heavy atom. The largest absolute Gasteiger partial charge is 0.435 e. The van der Waals surface area contributed by atoms with Crippen molar-refractivity contribution in [3.63, 3.8) is 0 Å². The van der Waals surface area contributed by atoms with Crippen LogP contribution in [0.2, 0.25) is 5.02 Å². The van der Waals surface area contributed by atoms with E-state index in [0.717, 1.165) is 21.4 Å². The van der Waals surface area contributed by atoms with Gasteiger partial charge in [-0.25, -0.2) is 13.1 Å². The molecule has 0 radical (unpaired) electrons. The summed E-state index contributed by atoms with van der Waals surface area (Å²) in [4.78, 5) is 0.0575. The van der Waals surface area contributed by atoms with Gasteiger partial charge in [0.15, 0.2) is 5.69 Å². The topological polar surface area (TPSA) is 84.2 Å². The van der Waals surface area contributed by atoms with E-state index in [4.69, 9.17) is 11.6 Å². The molecular weight excluding hydrogens is 479 g/mol. The molecule has 0 saturated heterocycles. The Morgan fingerprint density at radius 3 is 2.58 bits per heavy atom. The molecule has 0 bridgehead atoms. The van der Waals surface area contributed by atoms with Crippen molar-refractivity contribution in [2.75, 3.05) is 0 Å². The minimum atomic E-state index is -4.65. The summed E-state index contributed by atoms with van der Waals surface area (Å²) in [6.45, 7) is 1.01. The second-order valence-electron chi connectivity index (χ2n) is 8.07. The van der Waals surface area contributed by atoms with E-state index in [0.29, 0.717) is 18.4 Å². The highest BCUT2D eigenvalue weighted by Crippen LogP contribution is 2.31. The van der Waals surface area contributed by atoms with E-state index in [1.165, 1.54) is 12.3 Å². The average Bonchev–Trinajstić information content (AvgIpc) is 3.29. The molecule has 1 aliphatic rings. The summed E-state index contributed by atoms with van der Waals surface area (Å²) in [5, 5.41) is 12.9. The van der Waals surface area contributed by atoms with Crippen molar-refractivity contribution in [3.8, 4) is 0 Å². The minimum Gasteiger partial charge on any atom is -0.392 e. The molecular formula is C22H21ClF3N3O3S. The molecule has 0 amide bonds. The van der Waals surface area contributed by atoms with Gasteiger partial charge in [-0.05, 0) is 48.1 Å². The number of aromatic nitrogens is 2. The molecule has 0 fully saturated rings. The number of sulfonamides is 1. The van der Waals surface area contributed by atoms with E-state index in [-0.39, 0.29) is 28.1 Å². The molecule has 2 N–H and O–H groups in total. The molecule has 11 heteroatoms. The Kier molecular flexibility index (Phi) is 6.30. The van der Waals surface area contributed by atoms with E-state index < -0.39 is 28.5 Å². The van der Waals surface area contributed by atoms with Crippen molar-refractivity contribution in [3.05, 3.63) is 81.1 Å². The predicted molar refractivity (Wildman–Crippen MR) is 116 cm³/mol. The lowest BCUT2D eigenvalue weighted by Crippen LogP contribution is -2.35. The van der Waals surface area contributed by atoms with Crippen LogP contribution in [0.4, 0.5) is 13.2 Å². The van der Waals surface area contributed by atoms with Gasteiger partial charge in [-0.2, -0.15) is 18.3 Å². The molecule has 1 unspecified atom stereocenters. The van der Waals surface area contributed by atoms with Crippen molar-refractivity contribution >= 4 is 21.6 Å². The van der Waals surface area contributed by atoms with E-state index in [9.17, 15) is 26.7 Å².